The van der Waals surface area contributed by atoms with Crippen molar-refractivity contribution in [3.63, 3.8) is 0 Å². The second-order valence-electron chi connectivity index (χ2n) is 7.31. The highest BCUT2D eigenvalue weighted by molar-refractivity contribution is 7.89. The molecule has 0 aromatic heterocycles. The number of benzene rings is 2. The molecule has 1 aliphatic heterocycles. The highest BCUT2D eigenvalue weighted by atomic mass is 32.2. The van der Waals surface area contributed by atoms with Crippen molar-refractivity contribution in [2.45, 2.75) is 25.3 Å². The van der Waals surface area contributed by atoms with Crippen LogP contribution < -0.4 is 5.32 Å². The fraction of sp³-hybridized carbons (Fsp3) is 0.333. The van der Waals surface area contributed by atoms with E-state index in [0.717, 1.165) is 21.0 Å². The third-order valence-electron chi connectivity index (χ3n) is 4.97. The van der Waals surface area contributed by atoms with Gasteiger partial charge in [-0.05, 0) is 43.2 Å². The minimum Gasteiger partial charge on any atom is -0.354 e. The molecule has 1 N–H and O–H groups in total. The van der Waals surface area contributed by atoms with Crippen molar-refractivity contribution >= 4 is 21.8 Å². The molecule has 2 amide bonds. The summed E-state index contributed by atoms with van der Waals surface area (Å²) in [6, 6.07) is 12.0. The molecular weight excluding hydrogens is 390 g/mol. The zero-order valence-corrected chi connectivity index (χ0v) is 17.6. The number of amides is 2. The van der Waals surface area contributed by atoms with Gasteiger partial charge in [-0.1, -0.05) is 29.8 Å². The molecule has 0 spiro atoms. The van der Waals surface area contributed by atoms with Crippen LogP contribution in [0.1, 0.15) is 27.0 Å². The lowest BCUT2D eigenvalue weighted by Gasteiger charge is -2.26. The van der Waals surface area contributed by atoms with E-state index in [1.807, 2.05) is 26.0 Å². The number of hydrogen-bond donors (Lipinski definition) is 1. The molecule has 8 heteroatoms. The maximum atomic E-state index is 12.9. The third-order valence-corrected chi connectivity index (χ3v) is 6.82. The number of aryl methyl sites for hydroxylation is 2. The first-order chi connectivity index (χ1) is 13.7. The van der Waals surface area contributed by atoms with E-state index in [4.69, 9.17) is 0 Å². The average molecular weight is 416 g/mol. The van der Waals surface area contributed by atoms with Gasteiger partial charge in [0.25, 0.3) is 5.91 Å². The number of carbonyl (C=O) groups excluding carboxylic acids is 2. The first-order valence-electron chi connectivity index (χ1n) is 9.37. The summed E-state index contributed by atoms with van der Waals surface area (Å²) in [5, 5.41) is 2.61. The molecule has 2 aromatic rings. The third kappa shape index (κ3) is 4.65. The predicted octanol–water partition coefficient (Wildman–Crippen LogP) is 1.70. The van der Waals surface area contributed by atoms with Crippen molar-refractivity contribution < 1.29 is 18.0 Å². The Morgan fingerprint density at radius 2 is 1.93 bits per heavy atom. The van der Waals surface area contributed by atoms with Crippen LogP contribution in [0.25, 0.3) is 0 Å². The van der Waals surface area contributed by atoms with Crippen LogP contribution in [0, 0.1) is 13.8 Å². The van der Waals surface area contributed by atoms with Crippen LogP contribution in [0.4, 0.5) is 0 Å². The standard InChI is InChI=1S/C21H25N3O4S/c1-15-7-8-18(16(2)11-15)13-23(3)21(26)17-5-4-6-19(12-17)29(27,28)24-10-9-22-20(25)14-24/h4-8,11-12H,9-10,13-14H2,1-3H3,(H,22,25). The summed E-state index contributed by atoms with van der Waals surface area (Å²) in [5.41, 5.74) is 3.59. The second kappa shape index (κ2) is 8.34. The van der Waals surface area contributed by atoms with Crippen molar-refractivity contribution in [1.29, 1.82) is 0 Å². The molecule has 2 aromatic carbocycles. The Bertz CT molecular complexity index is 1050. The molecule has 1 fully saturated rings. The van der Waals surface area contributed by atoms with E-state index in [0.29, 0.717) is 12.1 Å². The number of rotatable bonds is 5. The van der Waals surface area contributed by atoms with E-state index in [1.54, 1.807) is 24.1 Å². The van der Waals surface area contributed by atoms with Crippen molar-refractivity contribution in [2.24, 2.45) is 0 Å². The van der Waals surface area contributed by atoms with Gasteiger partial charge >= 0.3 is 0 Å². The van der Waals surface area contributed by atoms with Gasteiger partial charge in [0.2, 0.25) is 15.9 Å². The summed E-state index contributed by atoms with van der Waals surface area (Å²) in [4.78, 5) is 26.0. The lowest BCUT2D eigenvalue weighted by molar-refractivity contribution is -0.122. The van der Waals surface area contributed by atoms with Crippen LogP contribution in [0.5, 0.6) is 0 Å². The van der Waals surface area contributed by atoms with Crippen LogP contribution >= 0.6 is 0 Å². The molecule has 0 unspecified atom stereocenters. The van der Waals surface area contributed by atoms with E-state index in [2.05, 4.69) is 11.4 Å². The normalized spacial score (nSPS) is 15.1. The lowest BCUT2D eigenvalue weighted by atomic mass is 10.1. The summed E-state index contributed by atoms with van der Waals surface area (Å²) in [7, 11) is -2.15. The Morgan fingerprint density at radius 1 is 1.17 bits per heavy atom. The van der Waals surface area contributed by atoms with Crippen LogP contribution in [0.2, 0.25) is 0 Å². The fourth-order valence-corrected chi connectivity index (χ4v) is 4.77. The minimum atomic E-state index is -3.85. The van der Waals surface area contributed by atoms with Gasteiger partial charge < -0.3 is 10.2 Å². The molecule has 1 heterocycles. The number of sulfonamides is 1. The first kappa shape index (κ1) is 21.0. The van der Waals surface area contributed by atoms with E-state index < -0.39 is 10.0 Å². The highest BCUT2D eigenvalue weighted by Crippen LogP contribution is 2.20. The zero-order valence-electron chi connectivity index (χ0n) is 16.8. The quantitative estimate of drug-likeness (QED) is 0.805. The maximum Gasteiger partial charge on any atom is 0.253 e. The number of nitrogens with one attached hydrogen (secondary N) is 1. The summed E-state index contributed by atoms with van der Waals surface area (Å²) < 4.78 is 26.9. The smallest absolute Gasteiger partial charge is 0.253 e. The molecule has 1 aliphatic rings. The number of carbonyl (C=O) groups is 2. The summed E-state index contributed by atoms with van der Waals surface area (Å²) >= 11 is 0. The fourth-order valence-electron chi connectivity index (χ4n) is 3.33. The molecule has 0 atom stereocenters. The van der Waals surface area contributed by atoms with Gasteiger partial charge in [-0.25, -0.2) is 8.42 Å². The second-order valence-corrected chi connectivity index (χ2v) is 9.25. The van der Waals surface area contributed by atoms with Crippen LogP contribution in [0.15, 0.2) is 47.4 Å². The summed E-state index contributed by atoms with van der Waals surface area (Å²) in [6.07, 6.45) is 0. The number of hydrogen-bond acceptors (Lipinski definition) is 4. The average Bonchev–Trinajstić information content (AvgIpc) is 2.69. The molecule has 154 valence electrons. The molecule has 3 rings (SSSR count). The topological polar surface area (TPSA) is 86.8 Å². The van der Waals surface area contributed by atoms with Crippen LogP contribution in [0.3, 0.4) is 0 Å². The zero-order chi connectivity index (χ0) is 21.2. The largest absolute Gasteiger partial charge is 0.354 e. The first-order valence-corrected chi connectivity index (χ1v) is 10.8. The van der Waals surface area contributed by atoms with E-state index >= 15 is 0 Å². The Labute approximate surface area is 171 Å². The SMILES string of the molecule is Cc1ccc(CN(C)C(=O)c2cccc(S(=O)(=O)N3CCNC(=O)C3)c2)c(C)c1. The lowest BCUT2D eigenvalue weighted by Crippen LogP contribution is -2.49. The van der Waals surface area contributed by atoms with Gasteiger partial charge in [0.1, 0.15) is 0 Å². The Balaban J connectivity index is 1.80. The molecule has 29 heavy (non-hydrogen) atoms. The maximum absolute atomic E-state index is 12.9. The van der Waals surface area contributed by atoms with Crippen molar-refractivity contribution in [3.05, 3.63) is 64.7 Å². The van der Waals surface area contributed by atoms with Crippen LogP contribution in [-0.4, -0.2) is 56.1 Å². The summed E-state index contributed by atoms with van der Waals surface area (Å²) in [5.74, 6) is -0.598. The molecule has 0 aliphatic carbocycles. The molecule has 0 radical (unpaired) electrons. The number of piperazine rings is 1. The monoisotopic (exact) mass is 415 g/mol. The van der Waals surface area contributed by atoms with Gasteiger partial charge in [-0.15, -0.1) is 0 Å². The van der Waals surface area contributed by atoms with Gasteiger partial charge in [-0.2, -0.15) is 4.31 Å². The van der Waals surface area contributed by atoms with Gasteiger partial charge in [0.05, 0.1) is 11.4 Å². The number of nitrogens with zero attached hydrogens (tertiary/aromatic N) is 2. The molecule has 0 saturated carbocycles. The molecular formula is C21H25N3O4S. The van der Waals surface area contributed by atoms with Crippen LogP contribution in [-0.2, 0) is 21.4 Å². The van der Waals surface area contributed by atoms with E-state index in [-0.39, 0.29) is 36.3 Å². The molecule has 0 bridgehead atoms. The molecule has 1 saturated heterocycles. The van der Waals surface area contributed by atoms with Crippen molar-refractivity contribution in [2.75, 3.05) is 26.7 Å². The van der Waals surface area contributed by atoms with E-state index in [9.17, 15) is 18.0 Å². The minimum absolute atomic E-state index is 0.0120. The molecule has 7 nitrogen and oxygen atoms in total. The Hall–Kier alpha value is -2.71. The van der Waals surface area contributed by atoms with Crippen molar-refractivity contribution in [3.8, 4) is 0 Å². The summed E-state index contributed by atoms with van der Waals surface area (Å²) in [6.45, 7) is 4.71. The van der Waals surface area contributed by atoms with Gasteiger partial charge in [0.15, 0.2) is 0 Å². The van der Waals surface area contributed by atoms with Gasteiger partial charge in [-0.3, -0.25) is 9.59 Å². The van der Waals surface area contributed by atoms with Crippen molar-refractivity contribution in [1.82, 2.24) is 14.5 Å². The predicted molar refractivity (Wildman–Crippen MR) is 110 cm³/mol. The Kier molecular flexibility index (Phi) is 6.04. The highest BCUT2D eigenvalue weighted by Gasteiger charge is 2.29. The van der Waals surface area contributed by atoms with E-state index in [1.165, 1.54) is 12.1 Å². The van der Waals surface area contributed by atoms with Gasteiger partial charge in [0, 0.05) is 32.2 Å². The Morgan fingerprint density at radius 3 is 2.62 bits per heavy atom.